The Bertz CT molecular complexity index is 117. The summed E-state index contributed by atoms with van der Waals surface area (Å²) in [6, 6.07) is 0. The van der Waals surface area contributed by atoms with Crippen LogP contribution in [0.4, 0.5) is 0 Å². The van der Waals surface area contributed by atoms with Gasteiger partial charge in [0.1, 0.15) is 0 Å². The van der Waals surface area contributed by atoms with Crippen LogP contribution < -0.4 is 0 Å². The number of nitrogens with zero attached hydrogens (tertiary/aromatic N) is 1. The van der Waals surface area contributed by atoms with Crippen molar-refractivity contribution in [3.8, 4) is 0 Å². The van der Waals surface area contributed by atoms with E-state index in [0.717, 1.165) is 5.70 Å². The first-order valence-electron chi connectivity index (χ1n) is 3.81. The summed E-state index contributed by atoms with van der Waals surface area (Å²) >= 11 is 0. The maximum absolute atomic E-state index is 4.08. The Balaban J connectivity index is 0. The first kappa shape index (κ1) is 12.1. The van der Waals surface area contributed by atoms with Gasteiger partial charge in [0, 0.05) is 11.9 Å². The fourth-order valence-electron chi connectivity index (χ4n) is 0.323. The van der Waals surface area contributed by atoms with E-state index in [0.29, 0.717) is 0 Å². The highest BCUT2D eigenvalue weighted by molar-refractivity contribution is 5.55. The van der Waals surface area contributed by atoms with Crippen molar-refractivity contribution in [3.63, 3.8) is 0 Å². The molecule has 0 heterocycles. The largest absolute Gasteiger partial charge is 0.266 e. The molecule has 0 amide bonds. The molecule has 60 valence electrons. The maximum Gasteiger partial charge on any atom is 0.0355 e. The van der Waals surface area contributed by atoms with Crippen LogP contribution in [0, 0.1) is 0 Å². The molecule has 0 aliphatic rings. The fourth-order valence-corrected chi connectivity index (χ4v) is 0.323. The van der Waals surface area contributed by atoms with Crippen LogP contribution in [0.5, 0.6) is 0 Å². The van der Waals surface area contributed by atoms with Crippen LogP contribution in [-0.4, -0.2) is 6.21 Å². The normalized spacial score (nSPS) is 8.60. The monoisotopic (exact) mass is 141 g/mol. The van der Waals surface area contributed by atoms with E-state index in [-0.39, 0.29) is 0 Å². The molecule has 0 aliphatic carbocycles. The average molecular weight is 141 g/mol. The first-order chi connectivity index (χ1) is 4.68. The predicted molar refractivity (Wildman–Crippen MR) is 49.6 cm³/mol. The average Bonchev–Trinajstić information content (AvgIpc) is 1.93. The molecule has 1 heteroatoms. The van der Waals surface area contributed by atoms with Crippen molar-refractivity contribution in [1.82, 2.24) is 0 Å². The zero-order valence-corrected chi connectivity index (χ0v) is 8.02. The SMILES string of the molecule is CC.CC=NC(C)=C(C)C. The molecule has 0 spiro atoms. The van der Waals surface area contributed by atoms with Crippen LogP contribution in [0.2, 0.25) is 0 Å². The Morgan fingerprint density at radius 2 is 1.50 bits per heavy atom. The Morgan fingerprint density at radius 1 is 1.10 bits per heavy atom. The van der Waals surface area contributed by atoms with Gasteiger partial charge in [-0.3, -0.25) is 4.99 Å². The van der Waals surface area contributed by atoms with Gasteiger partial charge in [-0.1, -0.05) is 19.4 Å². The molecule has 0 unspecified atom stereocenters. The Kier molecular flexibility index (Phi) is 10.2. The highest BCUT2D eigenvalue weighted by Gasteiger charge is 1.81. The molecule has 0 atom stereocenters. The Hall–Kier alpha value is -0.590. The molecule has 0 N–H and O–H groups in total. The van der Waals surface area contributed by atoms with Gasteiger partial charge in [0.2, 0.25) is 0 Å². The maximum atomic E-state index is 4.08. The third-order valence-corrected chi connectivity index (χ3v) is 1.05. The lowest BCUT2D eigenvalue weighted by Gasteiger charge is -1.91. The molecule has 0 bridgehead atoms. The molecular formula is C9H19N. The molecule has 0 aliphatic heterocycles. The summed E-state index contributed by atoms with van der Waals surface area (Å²) in [6.07, 6.45) is 1.81. The van der Waals surface area contributed by atoms with Crippen molar-refractivity contribution < 1.29 is 0 Å². The van der Waals surface area contributed by atoms with Crippen molar-refractivity contribution in [1.29, 1.82) is 0 Å². The number of rotatable bonds is 1. The number of hydrogen-bond donors (Lipinski definition) is 0. The van der Waals surface area contributed by atoms with Gasteiger partial charge in [0.05, 0.1) is 0 Å². The second-order valence-corrected chi connectivity index (χ2v) is 1.97. The van der Waals surface area contributed by atoms with Crippen molar-refractivity contribution in [2.75, 3.05) is 0 Å². The van der Waals surface area contributed by atoms with Gasteiger partial charge >= 0.3 is 0 Å². The van der Waals surface area contributed by atoms with Crippen molar-refractivity contribution >= 4 is 6.21 Å². The first-order valence-corrected chi connectivity index (χ1v) is 3.81. The van der Waals surface area contributed by atoms with Crippen molar-refractivity contribution in [2.45, 2.75) is 41.5 Å². The molecular weight excluding hydrogens is 122 g/mol. The number of aliphatic imine (C=N–C) groups is 1. The van der Waals surface area contributed by atoms with E-state index in [2.05, 4.69) is 18.8 Å². The van der Waals surface area contributed by atoms with Crippen LogP contribution in [0.3, 0.4) is 0 Å². The molecule has 0 rings (SSSR count). The number of allylic oxidation sites excluding steroid dienone is 2. The van der Waals surface area contributed by atoms with Crippen LogP contribution >= 0.6 is 0 Å². The summed E-state index contributed by atoms with van der Waals surface area (Å²) in [6.45, 7) is 12.0. The lowest BCUT2D eigenvalue weighted by atomic mass is 10.3. The highest BCUT2D eigenvalue weighted by Crippen LogP contribution is 2.00. The van der Waals surface area contributed by atoms with Gasteiger partial charge in [-0.15, -0.1) is 0 Å². The molecule has 0 fully saturated rings. The summed E-state index contributed by atoms with van der Waals surface area (Å²) in [7, 11) is 0. The van der Waals surface area contributed by atoms with Gasteiger partial charge < -0.3 is 0 Å². The summed E-state index contributed by atoms with van der Waals surface area (Å²) in [5, 5.41) is 0. The smallest absolute Gasteiger partial charge is 0.0355 e. The summed E-state index contributed by atoms with van der Waals surface area (Å²) in [5.41, 5.74) is 2.40. The quantitative estimate of drug-likeness (QED) is 0.496. The summed E-state index contributed by atoms with van der Waals surface area (Å²) in [4.78, 5) is 4.08. The Morgan fingerprint density at radius 3 is 1.60 bits per heavy atom. The van der Waals surface area contributed by atoms with E-state index in [9.17, 15) is 0 Å². The van der Waals surface area contributed by atoms with E-state index in [1.165, 1.54) is 5.57 Å². The molecule has 0 aromatic rings. The molecule has 0 saturated carbocycles. The summed E-state index contributed by atoms with van der Waals surface area (Å²) in [5.74, 6) is 0. The van der Waals surface area contributed by atoms with E-state index in [1.807, 2.05) is 33.9 Å². The fraction of sp³-hybridized carbons (Fsp3) is 0.667. The summed E-state index contributed by atoms with van der Waals surface area (Å²) < 4.78 is 0. The van der Waals surface area contributed by atoms with E-state index in [1.54, 1.807) is 0 Å². The third-order valence-electron chi connectivity index (χ3n) is 1.05. The van der Waals surface area contributed by atoms with Crippen molar-refractivity contribution in [2.24, 2.45) is 4.99 Å². The molecule has 1 nitrogen and oxygen atoms in total. The second kappa shape index (κ2) is 8.41. The standard InChI is InChI=1S/C7H13N.C2H6/c1-5-8-7(4)6(2)3;1-2/h5H,1-4H3;1-2H3. The highest BCUT2D eigenvalue weighted by atomic mass is 14.7. The molecule has 0 saturated heterocycles. The Labute approximate surface area is 64.9 Å². The van der Waals surface area contributed by atoms with Gasteiger partial charge in [0.15, 0.2) is 0 Å². The van der Waals surface area contributed by atoms with Gasteiger partial charge in [-0.25, -0.2) is 0 Å². The van der Waals surface area contributed by atoms with Gasteiger partial charge in [-0.05, 0) is 27.7 Å². The zero-order chi connectivity index (χ0) is 8.57. The van der Waals surface area contributed by atoms with E-state index in [4.69, 9.17) is 0 Å². The zero-order valence-electron chi connectivity index (χ0n) is 8.02. The molecule has 0 aromatic heterocycles. The van der Waals surface area contributed by atoms with Gasteiger partial charge in [-0.2, -0.15) is 0 Å². The minimum atomic E-state index is 1.12. The topological polar surface area (TPSA) is 12.4 Å². The van der Waals surface area contributed by atoms with Crippen LogP contribution in [0.1, 0.15) is 41.5 Å². The van der Waals surface area contributed by atoms with Crippen LogP contribution in [0.15, 0.2) is 16.3 Å². The van der Waals surface area contributed by atoms with Crippen LogP contribution in [-0.2, 0) is 0 Å². The third kappa shape index (κ3) is 7.41. The lowest BCUT2D eigenvalue weighted by molar-refractivity contribution is 1.19. The minimum absolute atomic E-state index is 1.12. The molecule has 0 radical (unpaired) electrons. The second-order valence-electron chi connectivity index (χ2n) is 1.97. The number of hydrogen-bond acceptors (Lipinski definition) is 1. The lowest BCUT2D eigenvalue weighted by Crippen LogP contribution is -1.73. The van der Waals surface area contributed by atoms with E-state index >= 15 is 0 Å². The molecule has 0 aromatic carbocycles. The van der Waals surface area contributed by atoms with E-state index < -0.39 is 0 Å². The predicted octanol–water partition coefficient (Wildman–Crippen LogP) is 3.42. The minimum Gasteiger partial charge on any atom is -0.266 e. The van der Waals surface area contributed by atoms with Crippen molar-refractivity contribution in [3.05, 3.63) is 11.3 Å². The molecule has 10 heavy (non-hydrogen) atoms. The van der Waals surface area contributed by atoms with Gasteiger partial charge in [0.25, 0.3) is 0 Å². The van der Waals surface area contributed by atoms with Crippen LogP contribution in [0.25, 0.3) is 0 Å².